The van der Waals surface area contributed by atoms with Gasteiger partial charge in [-0.15, -0.1) is 0 Å². The summed E-state index contributed by atoms with van der Waals surface area (Å²) < 4.78 is 0. The number of thioether (sulfide) groups is 1. The molecular formula is C32H43N7O9S. The monoisotopic (exact) mass is 701 g/mol. The second-order valence-corrected chi connectivity index (χ2v) is 12.1. The maximum atomic E-state index is 13.5. The molecule has 0 unspecified atom stereocenters. The number of carbonyl (C=O) groups excluding carboxylic acids is 6. The number of aliphatic carboxylic acids is 1. The second kappa shape index (κ2) is 20.3. The molecule has 0 radical (unpaired) electrons. The average molecular weight is 702 g/mol. The van der Waals surface area contributed by atoms with E-state index in [9.17, 15) is 43.8 Å². The number of rotatable bonds is 20. The molecule has 2 aromatic rings. The Morgan fingerprint density at radius 3 is 1.94 bits per heavy atom. The zero-order chi connectivity index (χ0) is 36.5. The average Bonchev–Trinajstić information content (AvgIpc) is 3.05. The van der Waals surface area contributed by atoms with Crippen molar-refractivity contribution in [1.29, 1.82) is 0 Å². The quantitative estimate of drug-likeness (QED) is 0.0750. The minimum Gasteiger partial charge on any atom is -0.508 e. The third-order valence-electron chi connectivity index (χ3n) is 7.10. The predicted molar refractivity (Wildman–Crippen MR) is 181 cm³/mol. The summed E-state index contributed by atoms with van der Waals surface area (Å²) in [6, 6.07) is 8.75. The molecule has 266 valence electrons. The van der Waals surface area contributed by atoms with Gasteiger partial charge in [-0.05, 0) is 55.0 Å². The summed E-state index contributed by atoms with van der Waals surface area (Å²) in [5, 5.41) is 31.0. The topological polar surface area (TPSA) is 272 Å². The number of amides is 6. The molecule has 5 atom stereocenters. The summed E-state index contributed by atoms with van der Waals surface area (Å²) in [5.74, 6) is -5.61. The molecule has 0 heterocycles. The van der Waals surface area contributed by atoms with Gasteiger partial charge in [0.2, 0.25) is 35.4 Å². The lowest BCUT2D eigenvalue weighted by Gasteiger charge is -2.24. The molecule has 0 aliphatic heterocycles. The van der Waals surface area contributed by atoms with Crippen LogP contribution in [0.1, 0.15) is 30.9 Å². The lowest BCUT2D eigenvalue weighted by atomic mass is 10.0. The molecule has 17 heteroatoms. The summed E-state index contributed by atoms with van der Waals surface area (Å²) in [7, 11) is 0. The Bertz CT molecular complexity index is 1460. The number of carbonyl (C=O) groups is 7. The van der Waals surface area contributed by atoms with Gasteiger partial charge in [0.15, 0.2) is 0 Å². The van der Waals surface area contributed by atoms with E-state index in [1.807, 2.05) is 0 Å². The van der Waals surface area contributed by atoms with Crippen molar-refractivity contribution in [3.8, 4) is 5.75 Å². The number of phenolic OH excluding ortho intramolecular Hbond substituents is 1. The van der Waals surface area contributed by atoms with Crippen LogP contribution in [0.25, 0.3) is 0 Å². The third-order valence-corrected chi connectivity index (χ3v) is 7.75. The van der Waals surface area contributed by atoms with E-state index in [4.69, 9.17) is 11.5 Å². The van der Waals surface area contributed by atoms with E-state index in [-0.39, 0.29) is 25.0 Å². The standard InChI is InChI=1S/C32H43N7O9S/c1-18(36-29(44)22(33)14-20-8-10-21(40)11-9-20)28(43)35-17-27(42)37-24(15-19-6-4-3-5-7-19)31(46)38-23(12-13-49-2)30(45)39-25(32(47)48)16-26(34)41/h3-11,18,22-25,40H,12-17,33H2,1-2H3,(H2,34,41)(H,35,43)(H,36,44)(H,37,42)(H,38,46)(H,39,45)(H,47,48)/t18-,22-,23-,24-,25-/m0/s1. The highest BCUT2D eigenvalue weighted by atomic mass is 32.2. The van der Waals surface area contributed by atoms with E-state index in [2.05, 4.69) is 26.6 Å². The predicted octanol–water partition coefficient (Wildman–Crippen LogP) is -1.71. The van der Waals surface area contributed by atoms with Crippen molar-refractivity contribution in [1.82, 2.24) is 26.6 Å². The van der Waals surface area contributed by atoms with Crippen LogP contribution in [0.2, 0.25) is 0 Å². The highest BCUT2D eigenvalue weighted by Crippen LogP contribution is 2.11. The number of primary amides is 1. The number of nitrogens with one attached hydrogen (secondary N) is 5. The molecule has 0 aliphatic carbocycles. The normalized spacial score (nSPS) is 13.8. The molecule has 2 rings (SSSR count). The number of benzene rings is 2. The van der Waals surface area contributed by atoms with Crippen molar-refractivity contribution < 1.29 is 43.8 Å². The van der Waals surface area contributed by atoms with Crippen LogP contribution < -0.4 is 38.1 Å². The molecular weight excluding hydrogens is 658 g/mol. The maximum absolute atomic E-state index is 13.5. The fourth-order valence-corrected chi connectivity index (χ4v) is 4.91. The van der Waals surface area contributed by atoms with Crippen molar-refractivity contribution in [3.05, 3.63) is 65.7 Å². The Morgan fingerprint density at radius 1 is 0.755 bits per heavy atom. The van der Waals surface area contributed by atoms with Gasteiger partial charge in [-0.2, -0.15) is 11.8 Å². The lowest BCUT2D eigenvalue weighted by molar-refractivity contribution is -0.143. The van der Waals surface area contributed by atoms with Crippen LogP contribution in [0.4, 0.5) is 0 Å². The Balaban J connectivity index is 2.05. The molecule has 0 fully saturated rings. The molecule has 0 bridgehead atoms. The summed E-state index contributed by atoms with van der Waals surface area (Å²) in [5.41, 5.74) is 12.4. The molecule has 0 spiro atoms. The molecule has 11 N–H and O–H groups in total. The molecule has 2 aromatic carbocycles. The van der Waals surface area contributed by atoms with Crippen molar-refractivity contribution >= 4 is 53.2 Å². The molecule has 0 saturated heterocycles. The minimum atomic E-state index is -1.61. The molecule has 49 heavy (non-hydrogen) atoms. The van der Waals surface area contributed by atoms with Crippen molar-refractivity contribution in [2.45, 2.75) is 62.8 Å². The van der Waals surface area contributed by atoms with E-state index in [1.54, 1.807) is 48.7 Å². The lowest BCUT2D eigenvalue weighted by Crippen LogP contribution is -2.57. The van der Waals surface area contributed by atoms with Crippen molar-refractivity contribution in [2.24, 2.45) is 11.5 Å². The van der Waals surface area contributed by atoms with Crippen LogP contribution in [-0.4, -0.2) is 100 Å². The van der Waals surface area contributed by atoms with E-state index in [1.165, 1.54) is 30.8 Å². The Morgan fingerprint density at radius 2 is 1.35 bits per heavy atom. The van der Waals surface area contributed by atoms with Gasteiger partial charge >= 0.3 is 5.97 Å². The van der Waals surface area contributed by atoms with Gasteiger partial charge in [-0.3, -0.25) is 28.8 Å². The molecule has 6 amide bonds. The van der Waals surface area contributed by atoms with Crippen LogP contribution in [0.3, 0.4) is 0 Å². The van der Waals surface area contributed by atoms with Crippen LogP contribution >= 0.6 is 11.8 Å². The SMILES string of the molecule is CSCC[C@H](NC(=O)[C@H](Cc1ccccc1)NC(=O)CNC(=O)[C@H](C)NC(=O)[C@@H](N)Cc1ccc(O)cc1)C(=O)N[C@@H](CC(N)=O)C(=O)O. The van der Waals surface area contributed by atoms with Gasteiger partial charge in [0.25, 0.3) is 0 Å². The number of hydrogen-bond donors (Lipinski definition) is 9. The first-order chi connectivity index (χ1) is 23.2. The minimum absolute atomic E-state index is 0.00797. The summed E-state index contributed by atoms with van der Waals surface area (Å²) in [4.78, 5) is 87.5. The zero-order valence-corrected chi connectivity index (χ0v) is 28.0. The number of carboxylic acid groups (broad SMARTS) is 1. The second-order valence-electron chi connectivity index (χ2n) is 11.1. The van der Waals surface area contributed by atoms with Crippen molar-refractivity contribution in [3.63, 3.8) is 0 Å². The van der Waals surface area contributed by atoms with Gasteiger partial charge in [-0.25, -0.2) is 4.79 Å². The molecule has 0 aliphatic rings. The molecule has 0 aromatic heterocycles. The van der Waals surface area contributed by atoms with Crippen LogP contribution in [-0.2, 0) is 46.4 Å². The third kappa shape index (κ3) is 14.6. The van der Waals surface area contributed by atoms with Gasteiger partial charge in [0, 0.05) is 6.42 Å². The van der Waals surface area contributed by atoms with Gasteiger partial charge in [0.05, 0.1) is 19.0 Å². The number of nitrogens with two attached hydrogens (primary N) is 2. The number of hydrogen-bond acceptors (Lipinski definition) is 10. The van der Waals surface area contributed by atoms with Gasteiger partial charge in [-0.1, -0.05) is 42.5 Å². The first kappa shape index (κ1) is 40.0. The molecule has 0 saturated carbocycles. The van der Waals surface area contributed by atoms with E-state index < -0.39 is 84.6 Å². The first-order valence-electron chi connectivity index (χ1n) is 15.3. The first-order valence-corrected chi connectivity index (χ1v) is 16.6. The zero-order valence-electron chi connectivity index (χ0n) is 27.1. The number of phenols is 1. The summed E-state index contributed by atoms with van der Waals surface area (Å²) in [6.07, 6.45) is 1.38. The van der Waals surface area contributed by atoms with Crippen LogP contribution in [0, 0.1) is 0 Å². The number of aromatic hydroxyl groups is 1. The highest BCUT2D eigenvalue weighted by Gasteiger charge is 2.30. The van der Waals surface area contributed by atoms with Crippen LogP contribution in [0.5, 0.6) is 5.75 Å². The molecule has 16 nitrogen and oxygen atoms in total. The fourth-order valence-electron chi connectivity index (χ4n) is 4.44. The Hall–Kier alpha value is -5.16. The maximum Gasteiger partial charge on any atom is 0.326 e. The smallest absolute Gasteiger partial charge is 0.326 e. The number of carboxylic acids is 1. The van der Waals surface area contributed by atoms with E-state index >= 15 is 0 Å². The van der Waals surface area contributed by atoms with Gasteiger partial charge in [0.1, 0.15) is 29.9 Å². The van der Waals surface area contributed by atoms with Gasteiger partial charge < -0.3 is 48.3 Å². The van der Waals surface area contributed by atoms with E-state index in [0.29, 0.717) is 16.9 Å². The Labute approximate surface area is 287 Å². The highest BCUT2D eigenvalue weighted by molar-refractivity contribution is 7.98. The fraction of sp³-hybridized carbons (Fsp3) is 0.406. The largest absolute Gasteiger partial charge is 0.508 e. The summed E-state index contributed by atoms with van der Waals surface area (Å²) >= 11 is 1.38. The Kier molecular flexibility index (Phi) is 16.5. The summed E-state index contributed by atoms with van der Waals surface area (Å²) in [6.45, 7) is 0.850. The van der Waals surface area contributed by atoms with Crippen molar-refractivity contribution in [2.75, 3.05) is 18.6 Å². The van der Waals surface area contributed by atoms with E-state index in [0.717, 1.165) is 0 Å². The van der Waals surface area contributed by atoms with Crippen LogP contribution in [0.15, 0.2) is 54.6 Å².